The fourth-order valence-corrected chi connectivity index (χ4v) is 16.1. The summed E-state index contributed by atoms with van der Waals surface area (Å²) in [5.74, 6) is 2.06. The lowest BCUT2D eigenvalue weighted by Gasteiger charge is -2.20. The summed E-state index contributed by atoms with van der Waals surface area (Å²) in [7, 11) is -7.67. The fraction of sp³-hybridized carbons (Fsp3) is 0.237. The highest BCUT2D eigenvalue weighted by Gasteiger charge is 2.42. The minimum absolute atomic E-state index is 0.0313. The highest BCUT2D eigenvalue weighted by Crippen LogP contribution is 2.33. The predicted octanol–water partition coefficient (Wildman–Crippen LogP) is 11.8. The van der Waals surface area contributed by atoms with Crippen LogP contribution in [0.15, 0.2) is 187 Å². The van der Waals surface area contributed by atoms with Crippen LogP contribution in [0.1, 0.15) is 96.1 Å². The van der Waals surface area contributed by atoms with Gasteiger partial charge in [-0.25, -0.2) is 87.0 Å². The second-order valence-electron chi connectivity index (χ2n) is 30.1. The van der Waals surface area contributed by atoms with Crippen molar-refractivity contribution in [1.29, 1.82) is 0 Å². The van der Waals surface area contributed by atoms with Gasteiger partial charge in [0.05, 0.1) is 76.0 Å². The van der Waals surface area contributed by atoms with Crippen LogP contribution in [0.3, 0.4) is 0 Å². The maximum Gasteiger partial charge on any atom is 0.347 e. The molecule has 41 heteroatoms. The number of urea groups is 6. The first kappa shape index (κ1) is 81.8. The van der Waals surface area contributed by atoms with E-state index in [-0.39, 0.29) is 35.9 Å². The molecule has 0 atom stereocenters. The molecule has 12 amide bonds. The molecule has 0 aliphatic carbocycles. The Balaban J connectivity index is 0.000000152. The first-order valence-corrected chi connectivity index (χ1v) is 41.3. The number of hydrogen-bond acceptors (Lipinski definition) is 19. The normalized spacial score (nSPS) is 15.4. The van der Waals surface area contributed by atoms with Crippen LogP contribution in [0.4, 0.5) is 63.1 Å². The van der Waals surface area contributed by atoms with E-state index in [2.05, 4.69) is 51.8 Å². The van der Waals surface area contributed by atoms with E-state index < -0.39 is 66.8 Å². The number of pyridine rings is 1. The molecule has 3 aliphatic rings. The number of imidazole rings is 1. The molecule has 37 nitrogen and oxygen atoms in total. The number of thiazole rings is 1. The number of nitrogens with one attached hydrogen (secondary N) is 10. The Hall–Kier alpha value is -13.2. The van der Waals surface area contributed by atoms with Crippen LogP contribution in [0.5, 0.6) is 0 Å². The van der Waals surface area contributed by atoms with Gasteiger partial charge < -0.3 is 4.98 Å². The summed E-state index contributed by atoms with van der Waals surface area (Å²) in [6.45, 7) is 18.1. The Kier molecular flexibility index (Phi) is 22.5. The summed E-state index contributed by atoms with van der Waals surface area (Å²) in [5.41, 5.74) is 9.39. The van der Waals surface area contributed by atoms with Crippen molar-refractivity contribution in [3.05, 3.63) is 221 Å². The molecule has 6 aromatic carbocycles. The molecule has 0 saturated carbocycles. The van der Waals surface area contributed by atoms with Gasteiger partial charge in [-0.2, -0.15) is 40.5 Å². The molecule has 3 saturated heterocycles. The zero-order chi connectivity index (χ0) is 83.8. The summed E-state index contributed by atoms with van der Waals surface area (Å²) >= 11 is 1.33. The number of H-pyrrole nitrogens is 1. The first-order valence-electron chi connectivity index (χ1n) is 36.1. The van der Waals surface area contributed by atoms with Crippen molar-refractivity contribution in [1.82, 2.24) is 91.7 Å². The molecule has 9 heterocycles. The number of para-hydroxylation sites is 3. The number of benzene rings is 6. The van der Waals surface area contributed by atoms with E-state index in [0.717, 1.165) is 78.5 Å². The number of nitrogens with zero attached hydrogens (tertiary/aromatic N) is 15. The maximum atomic E-state index is 12.9. The summed E-state index contributed by atoms with van der Waals surface area (Å²) in [6, 6.07) is 51.2. The average Bonchev–Trinajstić information content (AvgIpc) is 1.64. The van der Waals surface area contributed by atoms with Crippen LogP contribution in [0.2, 0.25) is 0 Å². The number of amides is 12. The molecular weight excluding hydrogens is 1580 g/mol. The van der Waals surface area contributed by atoms with Gasteiger partial charge in [-0.05, 0) is 83.4 Å². The van der Waals surface area contributed by atoms with E-state index in [1.807, 2.05) is 179 Å². The summed E-state index contributed by atoms with van der Waals surface area (Å²) in [4.78, 5) is 90.4. The van der Waals surface area contributed by atoms with Crippen LogP contribution in [0, 0.1) is 0 Å². The van der Waals surface area contributed by atoms with Gasteiger partial charge in [0.15, 0.2) is 5.13 Å². The molecule has 15 rings (SSSR count). The third kappa shape index (κ3) is 18.8. The lowest BCUT2D eigenvalue weighted by molar-refractivity contribution is 0.132. The highest BCUT2D eigenvalue weighted by molar-refractivity contribution is 7.88. The van der Waals surface area contributed by atoms with Gasteiger partial charge in [0, 0.05) is 71.9 Å². The number of fused-ring (bicyclic) bond motifs is 2. The van der Waals surface area contributed by atoms with E-state index in [9.17, 15) is 54.0 Å². The maximum absolute atomic E-state index is 12.9. The number of carbonyl (C=O) groups is 6. The molecule has 3 aliphatic heterocycles. The van der Waals surface area contributed by atoms with Crippen molar-refractivity contribution in [3.63, 3.8) is 0 Å². The molecule has 0 unspecified atom stereocenters. The average molecular weight is 1670 g/mol. The number of aromatic amines is 1. The minimum Gasteiger partial charge on any atom is -0.324 e. The van der Waals surface area contributed by atoms with Crippen molar-refractivity contribution >= 4 is 134 Å². The molecule has 3 fully saturated rings. The van der Waals surface area contributed by atoms with Crippen molar-refractivity contribution < 1.29 is 54.0 Å². The van der Waals surface area contributed by atoms with Crippen LogP contribution >= 0.6 is 11.3 Å². The van der Waals surface area contributed by atoms with E-state index in [4.69, 9.17) is 15.3 Å². The monoisotopic (exact) mass is 1670 g/mol. The molecule has 12 aromatic rings. The van der Waals surface area contributed by atoms with Gasteiger partial charge in [-0.3, -0.25) is 31.9 Å². The third-order valence-corrected chi connectivity index (χ3v) is 23.1. The number of anilines is 6. The van der Waals surface area contributed by atoms with Crippen molar-refractivity contribution in [2.45, 2.75) is 98.2 Å². The van der Waals surface area contributed by atoms with E-state index in [1.54, 1.807) is 99.0 Å². The molecule has 0 spiro atoms. The van der Waals surface area contributed by atoms with E-state index in [0.29, 0.717) is 68.1 Å². The fourth-order valence-electron chi connectivity index (χ4n) is 11.8. The van der Waals surface area contributed by atoms with Gasteiger partial charge in [0.2, 0.25) is 5.95 Å². The number of carbonyl (C=O) groups excluding carboxylic acids is 6. The van der Waals surface area contributed by atoms with E-state index >= 15 is 0 Å². The standard InChI is InChI=1S/C26H28N8O4S2.C26H28N8O4S.C24H27N9O4S/c1-26(2,3)21-14-22(28-23(35)29-24-27-20(16-39-24)18-8-6-5-7-9-18)34(30-21)19-12-10-17(11-13-19)15-33-32(4)25(36)31-40(33,37)38;1-26(2,3)21-15-23(29-24(35)28-22-14-11-18-7-5-6-8-20(18)27-22)34(30-21)19-12-9-17(10-13-19)16-33-32(4)25(36)31-39(33,37)38;1-24(2,3)19-13-20(27-22(34)28-21-25-17-7-5-6-8-18(17)26-21)33(29-19)16-11-9-15(10-12-16)14-32-31(4)23(35)30-38(32,36)37/h5-14,16H,15H2,1-4H3,(H,31,36)(H2,27,28,29,35);5-15H,16H2,1-4H3,(H,31,36)(H2,27,28,29,35);5-13H,14H2,1-4H3,(H,30,35)(H3,25,26,27,28,34). The zero-order valence-electron chi connectivity index (χ0n) is 65.3. The molecular formula is C76H83N25O12S4. The Morgan fingerprint density at radius 3 is 1.18 bits per heavy atom. The van der Waals surface area contributed by atoms with Crippen LogP contribution in [-0.2, 0) is 66.5 Å². The largest absolute Gasteiger partial charge is 0.347 e. The number of hydrogen-bond donors (Lipinski definition) is 10. The van der Waals surface area contributed by atoms with Crippen molar-refractivity contribution in [3.8, 4) is 28.3 Å². The Labute approximate surface area is 676 Å². The first-order chi connectivity index (χ1) is 55.2. The zero-order valence-corrected chi connectivity index (χ0v) is 68.5. The molecule has 0 radical (unpaired) electrons. The van der Waals surface area contributed by atoms with Crippen LogP contribution in [-0.4, -0.2) is 160 Å². The van der Waals surface area contributed by atoms with Crippen LogP contribution < -0.4 is 46.1 Å². The van der Waals surface area contributed by atoms with Crippen LogP contribution in [0.25, 0.3) is 50.3 Å². The number of aromatic nitrogens is 10. The molecule has 10 N–H and O–H groups in total. The Morgan fingerprint density at radius 1 is 0.410 bits per heavy atom. The van der Waals surface area contributed by atoms with Crippen molar-refractivity contribution in [2.75, 3.05) is 53.0 Å². The second kappa shape index (κ2) is 32.2. The predicted molar refractivity (Wildman–Crippen MR) is 442 cm³/mol. The summed E-state index contributed by atoms with van der Waals surface area (Å²) in [5, 5.41) is 37.3. The third-order valence-electron chi connectivity index (χ3n) is 18.3. The van der Waals surface area contributed by atoms with Gasteiger partial charge in [0.25, 0.3) is 0 Å². The Bertz CT molecular complexity index is 6120. The van der Waals surface area contributed by atoms with Gasteiger partial charge in [-0.15, -0.1) is 11.3 Å². The quantitative estimate of drug-likeness (QED) is 0.0429. The number of hydrazine groups is 3. The highest BCUT2D eigenvalue weighted by atomic mass is 32.2. The lowest BCUT2D eigenvalue weighted by atomic mass is 9.92. The van der Waals surface area contributed by atoms with Crippen molar-refractivity contribution in [2.24, 2.45) is 0 Å². The summed E-state index contributed by atoms with van der Waals surface area (Å²) < 4.78 is 86.7. The lowest BCUT2D eigenvalue weighted by Crippen LogP contribution is -2.36. The molecule has 117 heavy (non-hydrogen) atoms. The van der Waals surface area contributed by atoms with Gasteiger partial charge >= 0.3 is 66.8 Å². The number of rotatable bonds is 16. The van der Waals surface area contributed by atoms with Gasteiger partial charge in [-0.1, -0.05) is 173 Å². The smallest absolute Gasteiger partial charge is 0.324 e. The summed E-state index contributed by atoms with van der Waals surface area (Å²) in [6.07, 6.45) is 0. The molecule has 0 bridgehead atoms. The minimum atomic E-state index is -3.94. The van der Waals surface area contributed by atoms with Gasteiger partial charge in [0.1, 0.15) is 23.3 Å². The topological polar surface area (TPSA) is 440 Å². The second-order valence-corrected chi connectivity index (χ2v) is 35.7. The Morgan fingerprint density at radius 2 is 0.786 bits per heavy atom. The molecule has 6 aromatic heterocycles. The van der Waals surface area contributed by atoms with E-state index in [1.165, 1.54) is 32.5 Å². The molecule has 608 valence electrons. The SMILES string of the molecule is CN1C(=O)NS(=O)(=O)N1Cc1ccc(-n2nc(C(C)(C)C)cc2NC(=O)Nc2ccc3ccccc3n2)cc1.CN1C(=O)NS(=O)(=O)N1Cc1ccc(-n2nc(C(C)(C)C)cc2NC(=O)Nc2nc(-c3ccccc3)cs2)cc1.CN1C(=O)NS(=O)(=O)N1Cc1ccc(-n2nc(C(C)(C)C)cc2NC(=O)Nc2nc3ccccc3[nH]2)cc1.